The Morgan fingerprint density at radius 1 is 1.67 bits per heavy atom. The molecule has 0 amide bonds. The van der Waals surface area contributed by atoms with Gasteiger partial charge >= 0.3 is 5.97 Å². The van der Waals surface area contributed by atoms with Crippen LogP contribution in [0.1, 0.15) is 20.3 Å². The monoisotopic (exact) mass is 132 g/mol. The number of rotatable bonds is 3. The largest absolute Gasteiger partial charge is 0.479 e. The zero-order valence-electron chi connectivity index (χ0n) is 5.66. The molecule has 0 aliphatic rings. The molecule has 0 aliphatic carbocycles. The van der Waals surface area contributed by atoms with Gasteiger partial charge in [-0.05, 0) is 5.92 Å². The summed E-state index contributed by atoms with van der Waals surface area (Å²) in [6.07, 6.45) is -0.511. The van der Waals surface area contributed by atoms with Gasteiger partial charge < -0.3 is 10.2 Å². The molecule has 1 unspecified atom stereocenters. The molecule has 0 saturated heterocycles. The van der Waals surface area contributed by atoms with Gasteiger partial charge in [0.1, 0.15) is 0 Å². The van der Waals surface area contributed by atoms with E-state index in [1.165, 1.54) is 0 Å². The van der Waals surface area contributed by atoms with Crippen molar-refractivity contribution in [1.82, 2.24) is 0 Å². The average molecular weight is 132 g/mol. The van der Waals surface area contributed by atoms with Gasteiger partial charge in [0.2, 0.25) is 0 Å². The lowest BCUT2D eigenvalue weighted by Gasteiger charge is -2.10. The molecule has 0 heterocycles. The minimum Gasteiger partial charge on any atom is -0.479 e. The fourth-order valence-corrected chi connectivity index (χ4v) is 0.467. The van der Waals surface area contributed by atoms with E-state index in [1.807, 2.05) is 6.92 Å². The van der Waals surface area contributed by atoms with Crippen LogP contribution in [0.15, 0.2) is 0 Å². The van der Waals surface area contributed by atoms with E-state index in [0.717, 1.165) is 0 Å². The van der Waals surface area contributed by atoms with Crippen molar-refractivity contribution in [2.45, 2.75) is 26.4 Å². The lowest BCUT2D eigenvalue weighted by Crippen LogP contribution is -2.26. The van der Waals surface area contributed by atoms with Crippen LogP contribution in [-0.2, 0) is 4.79 Å². The Bertz CT molecular complexity index is 100. The molecule has 0 radical (unpaired) electrons. The number of carbonyl (C=O) groups is 1. The van der Waals surface area contributed by atoms with Crippen LogP contribution in [0.2, 0.25) is 0 Å². The molecule has 3 heteroatoms. The van der Waals surface area contributed by atoms with Crippen LogP contribution < -0.4 is 0 Å². The topological polar surface area (TPSA) is 57.5 Å². The van der Waals surface area contributed by atoms with Gasteiger partial charge in [0.25, 0.3) is 0 Å². The fourth-order valence-electron chi connectivity index (χ4n) is 0.467. The van der Waals surface area contributed by atoms with Crippen LogP contribution in [0.4, 0.5) is 0 Å². The number of aliphatic hydroxyl groups is 1. The van der Waals surface area contributed by atoms with Crippen molar-refractivity contribution in [3.63, 3.8) is 0 Å². The molecule has 3 nitrogen and oxygen atoms in total. The second-order valence-electron chi connectivity index (χ2n) is 2.17. The molecule has 0 aromatic rings. The summed E-state index contributed by atoms with van der Waals surface area (Å²) in [6, 6.07) is 0. The highest BCUT2D eigenvalue weighted by atomic mass is 16.4. The summed E-state index contributed by atoms with van der Waals surface area (Å²) < 4.78 is 0. The highest BCUT2D eigenvalue weighted by Crippen LogP contribution is 2.06. The van der Waals surface area contributed by atoms with Crippen molar-refractivity contribution < 1.29 is 15.0 Å². The molecule has 0 bridgehead atoms. The van der Waals surface area contributed by atoms with E-state index in [1.54, 1.807) is 6.92 Å². The molecule has 0 aliphatic heterocycles. The first-order chi connectivity index (χ1) is 4.09. The molecule has 0 rings (SSSR count). The number of aliphatic hydroxyl groups excluding tert-OH is 1. The summed E-state index contributed by atoms with van der Waals surface area (Å²) in [5.41, 5.74) is 0. The highest BCUT2D eigenvalue weighted by Gasteiger charge is 2.18. The predicted octanol–water partition coefficient (Wildman–Crippen LogP) is 0.478. The van der Waals surface area contributed by atoms with Crippen LogP contribution in [0.5, 0.6) is 0 Å². The van der Waals surface area contributed by atoms with Gasteiger partial charge in [-0.3, -0.25) is 0 Å². The number of aliphatic carboxylic acids is 1. The van der Waals surface area contributed by atoms with Crippen LogP contribution in [0, 0.1) is 5.92 Å². The quantitative estimate of drug-likeness (QED) is 0.587. The molecular weight excluding hydrogens is 120 g/mol. The predicted molar refractivity (Wildman–Crippen MR) is 33.1 cm³/mol. The lowest BCUT2D eigenvalue weighted by molar-refractivity contribution is -0.149. The zero-order chi connectivity index (χ0) is 7.44. The number of carboxylic acid groups (broad SMARTS) is 1. The van der Waals surface area contributed by atoms with Crippen molar-refractivity contribution in [1.29, 1.82) is 0 Å². The lowest BCUT2D eigenvalue weighted by atomic mass is 10.0. The third kappa shape index (κ3) is 2.46. The van der Waals surface area contributed by atoms with Gasteiger partial charge in [0, 0.05) is 0 Å². The summed E-state index contributed by atoms with van der Waals surface area (Å²) in [4.78, 5) is 10.0. The molecular formula is C6H12O3. The smallest absolute Gasteiger partial charge is 0.332 e. The first-order valence-corrected chi connectivity index (χ1v) is 3.00. The van der Waals surface area contributed by atoms with Crippen molar-refractivity contribution >= 4 is 5.97 Å². The maximum Gasteiger partial charge on any atom is 0.332 e. The Hall–Kier alpha value is -0.570. The average Bonchev–Trinajstić information content (AvgIpc) is 1.84. The third-order valence-corrected chi connectivity index (χ3v) is 1.44. The van der Waals surface area contributed by atoms with E-state index in [4.69, 9.17) is 10.2 Å². The normalized spacial score (nSPS) is 16.8. The summed E-state index contributed by atoms with van der Waals surface area (Å²) in [5.74, 6) is -1.29. The molecule has 0 aromatic carbocycles. The first-order valence-electron chi connectivity index (χ1n) is 3.00. The maximum atomic E-state index is 10.0. The van der Waals surface area contributed by atoms with Crippen LogP contribution in [0.25, 0.3) is 0 Å². The van der Waals surface area contributed by atoms with Gasteiger partial charge in [0.15, 0.2) is 6.10 Å². The summed E-state index contributed by atoms with van der Waals surface area (Å²) in [7, 11) is 0. The van der Waals surface area contributed by atoms with E-state index in [0.29, 0.717) is 6.42 Å². The van der Waals surface area contributed by atoms with Crippen molar-refractivity contribution in [3.05, 3.63) is 0 Å². The minimum atomic E-state index is -1.20. The molecule has 2 N–H and O–H groups in total. The molecule has 54 valence electrons. The third-order valence-electron chi connectivity index (χ3n) is 1.44. The molecule has 0 aromatic heterocycles. The van der Waals surface area contributed by atoms with Crippen LogP contribution in [-0.4, -0.2) is 22.3 Å². The number of hydrogen-bond donors (Lipinski definition) is 2. The van der Waals surface area contributed by atoms with E-state index >= 15 is 0 Å². The fraction of sp³-hybridized carbons (Fsp3) is 0.833. The van der Waals surface area contributed by atoms with Crippen molar-refractivity contribution in [3.8, 4) is 0 Å². The summed E-state index contributed by atoms with van der Waals surface area (Å²) in [6.45, 7) is 3.55. The SMILES string of the molecule is CCC(C)[C@H](O)C(=O)O. The minimum absolute atomic E-state index is 0.150. The molecule has 0 saturated carbocycles. The standard InChI is InChI=1S/C6H12O3/c1-3-4(2)5(7)6(8)9/h4-5,7H,3H2,1-2H3,(H,8,9)/t4?,5-/m0/s1. The Kier molecular flexibility index (Phi) is 3.24. The number of hydrogen-bond acceptors (Lipinski definition) is 2. The Labute approximate surface area is 54.3 Å². The van der Waals surface area contributed by atoms with Gasteiger partial charge in [0.05, 0.1) is 0 Å². The zero-order valence-corrected chi connectivity index (χ0v) is 5.66. The van der Waals surface area contributed by atoms with Gasteiger partial charge in [-0.2, -0.15) is 0 Å². The summed E-state index contributed by atoms with van der Waals surface area (Å²) in [5, 5.41) is 17.0. The van der Waals surface area contributed by atoms with Gasteiger partial charge in [-0.1, -0.05) is 20.3 Å². The van der Waals surface area contributed by atoms with Crippen LogP contribution in [0.3, 0.4) is 0 Å². The van der Waals surface area contributed by atoms with Crippen molar-refractivity contribution in [2.24, 2.45) is 5.92 Å². The Balaban J connectivity index is 3.72. The molecule has 0 spiro atoms. The Morgan fingerprint density at radius 3 is 2.22 bits per heavy atom. The number of carboxylic acids is 1. The van der Waals surface area contributed by atoms with Gasteiger partial charge in [-0.15, -0.1) is 0 Å². The first kappa shape index (κ1) is 8.43. The second-order valence-corrected chi connectivity index (χ2v) is 2.17. The Morgan fingerprint density at radius 2 is 2.11 bits per heavy atom. The van der Waals surface area contributed by atoms with Crippen LogP contribution >= 0.6 is 0 Å². The molecule has 2 atom stereocenters. The highest BCUT2D eigenvalue weighted by molar-refractivity contribution is 5.72. The molecule has 0 fully saturated rings. The maximum absolute atomic E-state index is 10.0. The van der Waals surface area contributed by atoms with E-state index in [9.17, 15) is 4.79 Å². The van der Waals surface area contributed by atoms with E-state index < -0.39 is 12.1 Å². The summed E-state index contributed by atoms with van der Waals surface area (Å²) >= 11 is 0. The van der Waals surface area contributed by atoms with E-state index in [-0.39, 0.29) is 5.92 Å². The van der Waals surface area contributed by atoms with E-state index in [2.05, 4.69) is 0 Å². The second kappa shape index (κ2) is 3.45. The van der Waals surface area contributed by atoms with Gasteiger partial charge in [-0.25, -0.2) is 4.79 Å². The van der Waals surface area contributed by atoms with Crippen molar-refractivity contribution in [2.75, 3.05) is 0 Å². The molecule has 9 heavy (non-hydrogen) atoms.